The zero-order valence-electron chi connectivity index (χ0n) is 8.92. The number of aryl methyl sites for hydroxylation is 1. The Morgan fingerprint density at radius 3 is 3.00 bits per heavy atom. The molecular weight excluding hydrogens is 210 g/mol. The lowest BCUT2D eigenvalue weighted by molar-refractivity contribution is 0.746. The molecule has 0 unspecified atom stereocenters. The van der Waals surface area contributed by atoms with Crippen LogP contribution in [-0.2, 0) is 13.5 Å². The zero-order valence-corrected chi connectivity index (χ0v) is 9.67. The van der Waals surface area contributed by atoms with Crippen LogP contribution in [-0.4, -0.2) is 23.1 Å². The molecule has 0 radical (unpaired) electrons. The minimum atomic E-state index is 0.684. The third kappa shape index (κ3) is 1.98. The van der Waals surface area contributed by atoms with Crippen molar-refractivity contribution in [2.45, 2.75) is 6.42 Å². The van der Waals surface area contributed by atoms with Crippen molar-refractivity contribution in [3.63, 3.8) is 0 Å². The molecule has 0 aliphatic heterocycles. The van der Waals surface area contributed by atoms with Gasteiger partial charge in [-0.15, -0.1) is 0 Å². The first-order chi connectivity index (χ1) is 7.22. The predicted molar refractivity (Wildman–Crippen MR) is 63.4 cm³/mol. The second-order valence-electron chi connectivity index (χ2n) is 3.61. The van der Waals surface area contributed by atoms with E-state index >= 15 is 0 Å². The molecule has 2 rings (SSSR count). The van der Waals surface area contributed by atoms with Gasteiger partial charge >= 0.3 is 0 Å². The maximum absolute atomic E-state index is 5.92. The van der Waals surface area contributed by atoms with Crippen molar-refractivity contribution in [2.75, 3.05) is 13.6 Å². The molecule has 3 nitrogen and oxygen atoms in total. The van der Waals surface area contributed by atoms with Crippen molar-refractivity contribution < 1.29 is 0 Å². The van der Waals surface area contributed by atoms with Crippen molar-refractivity contribution in [3.05, 3.63) is 29.0 Å². The second-order valence-corrected chi connectivity index (χ2v) is 4.04. The topological polar surface area (TPSA) is 29.9 Å². The van der Waals surface area contributed by atoms with E-state index in [-0.39, 0.29) is 0 Å². The van der Waals surface area contributed by atoms with Gasteiger partial charge in [0.05, 0.1) is 16.1 Å². The lowest BCUT2D eigenvalue weighted by Gasteiger charge is -2.03. The normalized spacial score (nSPS) is 11.1. The van der Waals surface area contributed by atoms with Gasteiger partial charge in [-0.1, -0.05) is 11.6 Å². The third-order valence-electron chi connectivity index (χ3n) is 2.59. The van der Waals surface area contributed by atoms with Gasteiger partial charge in [-0.2, -0.15) is 0 Å². The molecule has 0 fully saturated rings. The van der Waals surface area contributed by atoms with E-state index in [1.807, 2.05) is 20.2 Å². The fourth-order valence-electron chi connectivity index (χ4n) is 1.72. The van der Waals surface area contributed by atoms with Crippen molar-refractivity contribution in [1.29, 1.82) is 0 Å². The van der Waals surface area contributed by atoms with E-state index in [2.05, 4.69) is 20.9 Å². The Labute approximate surface area is 94.1 Å². The summed E-state index contributed by atoms with van der Waals surface area (Å²) in [6.07, 6.45) is 2.69. The zero-order chi connectivity index (χ0) is 10.8. The van der Waals surface area contributed by atoms with Crippen LogP contribution < -0.4 is 5.32 Å². The molecule has 1 N–H and O–H groups in total. The molecule has 0 saturated heterocycles. The first-order valence-corrected chi connectivity index (χ1v) is 5.34. The summed E-state index contributed by atoms with van der Waals surface area (Å²) in [5.74, 6) is 0. The highest BCUT2D eigenvalue weighted by molar-refractivity contribution is 6.31. The van der Waals surface area contributed by atoms with E-state index in [9.17, 15) is 0 Å². The summed E-state index contributed by atoms with van der Waals surface area (Å²) in [6.45, 7) is 0.970. The molecule has 0 amide bonds. The van der Waals surface area contributed by atoms with Gasteiger partial charge in [0.1, 0.15) is 0 Å². The number of halogens is 1. The number of hydrogen-bond acceptors (Lipinski definition) is 2. The summed E-state index contributed by atoms with van der Waals surface area (Å²) < 4.78 is 2.14. The average Bonchev–Trinajstić information content (AvgIpc) is 2.53. The number of hydrogen-bond donors (Lipinski definition) is 1. The Balaban J connectivity index is 2.45. The molecule has 0 bridgehead atoms. The van der Waals surface area contributed by atoms with Crippen LogP contribution in [0.1, 0.15) is 5.69 Å². The SMILES string of the molecule is CNCCc1cc2ncc(Cl)cc2n1C. The molecule has 15 heavy (non-hydrogen) atoms. The second kappa shape index (κ2) is 4.21. The Kier molecular flexibility index (Phi) is 2.93. The molecule has 0 atom stereocenters. The molecule has 2 aromatic heterocycles. The number of rotatable bonds is 3. The van der Waals surface area contributed by atoms with E-state index in [1.165, 1.54) is 5.69 Å². The number of nitrogens with one attached hydrogen (secondary N) is 1. The van der Waals surface area contributed by atoms with E-state index in [0.29, 0.717) is 5.02 Å². The average molecular weight is 224 g/mol. The minimum Gasteiger partial charge on any atom is -0.346 e. The highest BCUT2D eigenvalue weighted by Crippen LogP contribution is 2.20. The van der Waals surface area contributed by atoms with E-state index in [4.69, 9.17) is 11.6 Å². The standard InChI is InChI=1S/C11H14ClN3/c1-13-4-3-9-6-10-11(15(9)2)5-8(12)7-14-10/h5-7,13H,3-4H2,1-2H3. The van der Waals surface area contributed by atoms with Crippen LogP contribution in [0.15, 0.2) is 18.3 Å². The minimum absolute atomic E-state index is 0.684. The van der Waals surface area contributed by atoms with Gasteiger partial charge in [-0.25, -0.2) is 0 Å². The Morgan fingerprint density at radius 2 is 2.27 bits per heavy atom. The molecule has 0 aromatic carbocycles. The largest absolute Gasteiger partial charge is 0.346 e. The van der Waals surface area contributed by atoms with Crippen molar-refractivity contribution >= 4 is 22.6 Å². The van der Waals surface area contributed by atoms with Gasteiger partial charge in [0.15, 0.2) is 0 Å². The van der Waals surface area contributed by atoms with Gasteiger partial charge in [0, 0.05) is 31.9 Å². The lowest BCUT2D eigenvalue weighted by atomic mass is 10.3. The van der Waals surface area contributed by atoms with E-state index in [1.54, 1.807) is 6.20 Å². The quantitative estimate of drug-likeness (QED) is 0.863. The molecule has 0 saturated carbocycles. The summed E-state index contributed by atoms with van der Waals surface area (Å²) >= 11 is 5.92. The highest BCUT2D eigenvalue weighted by Gasteiger charge is 2.06. The Hall–Kier alpha value is -1.06. The summed E-state index contributed by atoms with van der Waals surface area (Å²) in [5.41, 5.74) is 3.37. The first kappa shape index (κ1) is 10.5. The molecule has 4 heteroatoms. The summed E-state index contributed by atoms with van der Waals surface area (Å²) in [4.78, 5) is 4.30. The maximum Gasteiger partial charge on any atom is 0.0884 e. The predicted octanol–water partition coefficient (Wildman–Crippen LogP) is 1.99. The summed E-state index contributed by atoms with van der Waals surface area (Å²) in [5, 5.41) is 3.82. The van der Waals surface area contributed by atoms with E-state index in [0.717, 1.165) is 24.0 Å². The fourth-order valence-corrected chi connectivity index (χ4v) is 1.87. The third-order valence-corrected chi connectivity index (χ3v) is 2.80. The molecule has 2 aromatic rings. The van der Waals surface area contributed by atoms with Crippen LogP contribution in [0.25, 0.3) is 11.0 Å². The van der Waals surface area contributed by atoms with Crippen LogP contribution >= 0.6 is 11.6 Å². The van der Waals surface area contributed by atoms with Crippen molar-refractivity contribution in [1.82, 2.24) is 14.9 Å². The van der Waals surface area contributed by atoms with Gasteiger partial charge in [0.25, 0.3) is 0 Å². The smallest absolute Gasteiger partial charge is 0.0884 e. The van der Waals surface area contributed by atoms with Gasteiger partial charge < -0.3 is 9.88 Å². The van der Waals surface area contributed by atoms with E-state index < -0.39 is 0 Å². The molecule has 0 aliphatic rings. The number of pyridine rings is 1. The fraction of sp³-hybridized carbons (Fsp3) is 0.364. The van der Waals surface area contributed by atoms with Crippen LogP contribution in [0.4, 0.5) is 0 Å². The molecule has 80 valence electrons. The number of fused-ring (bicyclic) bond motifs is 1. The highest BCUT2D eigenvalue weighted by atomic mass is 35.5. The van der Waals surface area contributed by atoms with Crippen LogP contribution in [0.3, 0.4) is 0 Å². The number of nitrogens with zero attached hydrogens (tertiary/aromatic N) is 2. The van der Waals surface area contributed by atoms with Crippen molar-refractivity contribution in [3.8, 4) is 0 Å². The molecule has 0 aliphatic carbocycles. The lowest BCUT2D eigenvalue weighted by Crippen LogP contribution is -2.12. The molecule has 0 spiro atoms. The first-order valence-electron chi connectivity index (χ1n) is 4.97. The van der Waals surface area contributed by atoms with Crippen LogP contribution in [0.5, 0.6) is 0 Å². The monoisotopic (exact) mass is 223 g/mol. The van der Waals surface area contributed by atoms with Crippen LogP contribution in [0, 0.1) is 0 Å². The maximum atomic E-state index is 5.92. The van der Waals surface area contributed by atoms with Gasteiger partial charge in [-0.05, 0) is 19.2 Å². The number of likely N-dealkylation sites (N-methyl/N-ethyl adjacent to an activating group) is 1. The van der Waals surface area contributed by atoms with Crippen molar-refractivity contribution in [2.24, 2.45) is 7.05 Å². The Morgan fingerprint density at radius 1 is 1.47 bits per heavy atom. The number of aromatic nitrogens is 2. The summed E-state index contributed by atoms with van der Waals surface area (Å²) in [6, 6.07) is 4.07. The molecule has 2 heterocycles. The van der Waals surface area contributed by atoms with Crippen LogP contribution in [0.2, 0.25) is 5.02 Å². The summed E-state index contributed by atoms with van der Waals surface area (Å²) in [7, 11) is 4.00. The molecular formula is C11H14ClN3. The van der Waals surface area contributed by atoms with Gasteiger partial charge in [0.2, 0.25) is 0 Å². The Bertz CT molecular complexity index is 476. The van der Waals surface area contributed by atoms with Gasteiger partial charge in [-0.3, -0.25) is 4.98 Å².